The molecule has 14 heavy (non-hydrogen) atoms. The molecule has 0 saturated heterocycles. The summed E-state index contributed by atoms with van der Waals surface area (Å²) in [5.74, 6) is 0. The minimum Gasteiger partial charge on any atom is -1.00 e. The molecule has 2 N–H and O–H groups in total. The summed E-state index contributed by atoms with van der Waals surface area (Å²) < 4.78 is 0. The van der Waals surface area contributed by atoms with Crippen molar-refractivity contribution in [3.05, 3.63) is 35.4 Å². The Balaban J connectivity index is 0. The fourth-order valence-corrected chi connectivity index (χ4v) is 0.966. The molecule has 0 aromatic heterocycles. The molecule has 0 bridgehead atoms. The van der Waals surface area contributed by atoms with Crippen LogP contribution in [-0.4, -0.2) is 10.5 Å². The van der Waals surface area contributed by atoms with Crippen molar-refractivity contribution in [2.45, 2.75) is 13.3 Å². The van der Waals surface area contributed by atoms with Crippen LogP contribution in [0.25, 0.3) is 5.53 Å². The number of nitrogens with zero attached hydrogens (tertiary/aromatic N) is 2. The zero-order chi connectivity index (χ0) is 8.97. The van der Waals surface area contributed by atoms with Crippen molar-refractivity contribution in [2.75, 3.05) is 5.73 Å². The van der Waals surface area contributed by atoms with Gasteiger partial charge in [0.1, 0.15) is 0 Å². The maximum Gasteiger partial charge on any atom is 2.00 e. The first-order chi connectivity index (χ1) is 5.72. The largest absolute Gasteiger partial charge is 2.00 e. The third kappa shape index (κ3) is 5.13. The molecule has 1 aromatic carbocycles. The van der Waals surface area contributed by atoms with Gasteiger partial charge in [0.2, 0.25) is 0 Å². The van der Waals surface area contributed by atoms with Gasteiger partial charge in [-0.15, -0.1) is 0 Å². The van der Waals surface area contributed by atoms with Gasteiger partial charge in [0.25, 0.3) is 5.71 Å². The average molecular weight is 262 g/mol. The van der Waals surface area contributed by atoms with Crippen molar-refractivity contribution in [2.24, 2.45) is 0 Å². The van der Waals surface area contributed by atoms with Crippen LogP contribution < -0.4 is 18.1 Å². The standard InChI is InChI=1S/C9H11N3.ClH.Zn/c1-7(12-11)6-8-2-4-9(10)5-3-8;;/h2-5H,6,10H2,1H3;1H;/q;;+2/p-1. The number of hydrogen-bond donors (Lipinski definition) is 1. The number of benzene rings is 1. The number of hydrogen-bond acceptors (Lipinski definition) is 1. The molecule has 5 heteroatoms. The molecule has 1 rings (SSSR count). The van der Waals surface area contributed by atoms with E-state index in [9.17, 15) is 0 Å². The zero-order valence-corrected chi connectivity index (χ0v) is 11.8. The predicted octanol–water partition coefficient (Wildman–Crippen LogP) is -1.50. The van der Waals surface area contributed by atoms with Crippen LogP contribution in [0.15, 0.2) is 24.3 Å². The second-order valence-corrected chi connectivity index (χ2v) is 2.75. The first-order valence-corrected chi connectivity index (χ1v) is 3.74. The zero-order valence-electron chi connectivity index (χ0n) is 8.07. The van der Waals surface area contributed by atoms with Crippen LogP contribution in [0.3, 0.4) is 0 Å². The van der Waals surface area contributed by atoms with E-state index in [0.29, 0.717) is 12.1 Å². The van der Waals surface area contributed by atoms with Crippen molar-refractivity contribution in [3.63, 3.8) is 0 Å². The Labute approximate surface area is 102 Å². The maximum absolute atomic E-state index is 8.41. The summed E-state index contributed by atoms with van der Waals surface area (Å²) >= 11 is 0. The molecule has 0 aliphatic rings. The fourth-order valence-electron chi connectivity index (χ4n) is 0.966. The summed E-state index contributed by atoms with van der Waals surface area (Å²) in [5.41, 5.74) is 16.5. The topological polar surface area (TPSA) is 62.4 Å². The molecule has 3 nitrogen and oxygen atoms in total. The van der Waals surface area contributed by atoms with E-state index in [2.05, 4.69) is 4.79 Å². The summed E-state index contributed by atoms with van der Waals surface area (Å²) in [6, 6.07) is 7.51. The minimum atomic E-state index is 0. The summed E-state index contributed by atoms with van der Waals surface area (Å²) in [4.78, 5) is 3.09. The van der Waals surface area contributed by atoms with Crippen molar-refractivity contribution in [1.29, 1.82) is 0 Å². The van der Waals surface area contributed by atoms with Crippen molar-refractivity contribution in [3.8, 4) is 0 Å². The molecule has 0 radical (unpaired) electrons. The Bertz CT molecular complexity index is 317. The molecular formula is C9H11ClN3Zn+. The van der Waals surface area contributed by atoms with Crippen LogP contribution in [-0.2, 0) is 25.9 Å². The van der Waals surface area contributed by atoms with Gasteiger partial charge in [-0.1, -0.05) is 12.1 Å². The second-order valence-electron chi connectivity index (χ2n) is 2.75. The number of rotatable bonds is 2. The Morgan fingerprint density at radius 1 is 1.36 bits per heavy atom. The Morgan fingerprint density at radius 3 is 2.29 bits per heavy atom. The monoisotopic (exact) mass is 260 g/mol. The van der Waals surface area contributed by atoms with E-state index in [4.69, 9.17) is 11.3 Å². The second kappa shape index (κ2) is 7.69. The van der Waals surface area contributed by atoms with Gasteiger partial charge in [-0.05, 0) is 17.7 Å². The number of nitrogen functional groups attached to an aromatic ring is 1. The van der Waals surface area contributed by atoms with Crippen LogP contribution in [0.5, 0.6) is 0 Å². The summed E-state index contributed by atoms with van der Waals surface area (Å²) in [7, 11) is 0. The molecule has 0 amide bonds. The number of halogens is 1. The molecule has 0 aliphatic heterocycles. The summed E-state index contributed by atoms with van der Waals surface area (Å²) in [6.45, 7) is 1.77. The van der Waals surface area contributed by atoms with E-state index in [0.717, 1.165) is 11.3 Å². The summed E-state index contributed by atoms with van der Waals surface area (Å²) in [6.07, 6.45) is 0.663. The van der Waals surface area contributed by atoms with E-state index in [-0.39, 0.29) is 31.9 Å². The summed E-state index contributed by atoms with van der Waals surface area (Å²) in [5, 5.41) is 0. The number of nitrogens with two attached hydrogens (primary N) is 1. The quantitative estimate of drug-likeness (QED) is 0.228. The van der Waals surface area contributed by atoms with Crippen LogP contribution in [0.4, 0.5) is 5.69 Å². The van der Waals surface area contributed by atoms with Crippen LogP contribution in [0, 0.1) is 0 Å². The Morgan fingerprint density at radius 2 is 1.86 bits per heavy atom. The Kier molecular flexibility index (Phi) is 8.67. The van der Waals surface area contributed by atoms with Gasteiger partial charge < -0.3 is 23.7 Å². The molecule has 0 fully saturated rings. The van der Waals surface area contributed by atoms with E-state index in [1.54, 1.807) is 6.92 Å². The predicted molar refractivity (Wildman–Crippen MR) is 48.9 cm³/mol. The minimum absolute atomic E-state index is 0. The van der Waals surface area contributed by atoms with Gasteiger partial charge in [-0.25, -0.2) is 0 Å². The van der Waals surface area contributed by atoms with Crippen molar-refractivity contribution >= 4 is 11.4 Å². The first kappa shape index (κ1) is 15.8. The van der Waals surface area contributed by atoms with Crippen LogP contribution in [0.2, 0.25) is 0 Å². The first-order valence-electron chi connectivity index (χ1n) is 3.74. The van der Waals surface area contributed by atoms with Crippen molar-refractivity contribution in [1.82, 2.24) is 0 Å². The van der Waals surface area contributed by atoms with E-state index >= 15 is 0 Å². The van der Waals surface area contributed by atoms with Crippen LogP contribution in [0.1, 0.15) is 12.5 Å². The molecule has 0 saturated carbocycles. The maximum atomic E-state index is 8.41. The SMILES string of the molecule is CC(Cc1ccc(N)cc1)=[N+]=[N-].[Cl-].[Zn+2]. The van der Waals surface area contributed by atoms with Gasteiger partial charge in [0, 0.05) is 12.6 Å². The fraction of sp³-hybridized carbons (Fsp3) is 0.222. The van der Waals surface area contributed by atoms with Gasteiger partial charge in [-0.3, -0.25) is 0 Å². The molecule has 0 atom stereocenters. The molecule has 0 aliphatic carbocycles. The van der Waals surface area contributed by atoms with Gasteiger partial charge in [0.05, 0.1) is 6.42 Å². The molecule has 70 valence electrons. The van der Waals surface area contributed by atoms with Gasteiger partial charge >= 0.3 is 19.5 Å². The van der Waals surface area contributed by atoms with Crippen molar-refractivity contribution < 1.29 is 36.7 Å². The third-order valence-electron chi connectivity index (χ3n) is 1.61. The van der Waals surface area contributed by atoms with E-state index in [1.165, 1.54) is 0 Å². The number of anilines is 1. The van der Waals surface area contributed by atoms with E-state index in [1.807, 2.05) is 24.3 Å². The van der Waals surface area contributed by atoms with E-state index < -0.39 is 0 Å². The normalized spacial score (nSPS) is 7.79. The molecular weight excluding hydrogens is 251 g/mol. The van der Waals surface area contributed by atoms with Gasteiger partial charge in [-0.2, -0.15) is 4.79 Å². The average Bonchev–Trinajstić information content (AvgIpc) is 2.09. The third-order valence-corrected chi connectivity index (χ3v) is 1.61. The molecule has 1 aromatic rings. The molecule has 0 heterocycles. The van der Waals surface area contributed by atoms with Crippen LogP contribution >= 0.6 is 0 Å². The molecule has 0 spiro atoms. The molecule has 0 unspecified atom stereocenters. The smallest absolute Gasteiger partial charge is 1.00 e. The Hall–Kier alpha value is -0.687. The van der Waals surface area contributed by atoms with Gasteiger partial charge in [0.15, 0.2) is 0 Å².